The van der Waals surface area contributed by atoms with Crippen molar-refractivity contribution >= 4 is 11.6 Å². The number of anilines is 1. The molecule has 2 heterocycles. The summed E-state index contributed by atoms with van der Waals surface area (Å²) in [6.07, 6.45) is 3.50. The summed E-state index contributed by atoms with van der Waals surface area (Å²) >= 11 is 0. The minimum absolute atomic E-state index is 0.314. The Morgan fingerprint density at radius 1 is 1.13 bits per heavy atom. The third kappa shape index (κ3) is 2.74. The number of nitrogens with zero attached hydrogens (tertiary/aromatic N) is 2. The number of carbonyl (C=O) groups is 1. The summed E-state index contributed by atoms with van der Waals surface area (Å²) in [4.78, 5) is 17.4. The molecule has 23 heavy (non-hydrogen) atoms. The van der Waals surface area contributed by atoms with E-state index in [9.17, 15) is 4.79 Å². The van der Waals surface area contributed by atoms with E-state index in [-0.39, 0.29) is 0 Å². The quantitative estimate of drug-likeness (QED) is 0.907. The summed E-state index contributed by atoms with van der Waals surface area (Å²) in [6, 6.07) is 8.55. The molecule has 1 atom stereocenters. The van der Waals surface area contributed by atoms with Gasteiger partial charge in [-0.2, -0.15) is 0 Å². The van der Waals surface area contributed by atoms with Crippen LogP contribution in [0.5, 0.6) is 0 Å². The van der Waals surface area contributed by atoms with Gasteiger partial charge in [0.05, 0.1) is 0 Å². The van der Waals surface area contributed by atoms with Crippen molar-refractivity contribution in [3.63, 3.8) is 0 Å². The van der Waals surface area contributed by atoms with Crippen LogP contribution in [0.15, 0.2) is 24.3 Å². The topological polar surface area (TPSA) is 35.6 Å². The normalized spacial score (nSPS) is 26.4. The van der Waals surface area contributed by atoms with Gasteiger partial charge in [-0.1, -0.05) is 18.2 Å². The highest BCUT2D eigenvalue weighted by atomic mass is 16.2. The first kappa shape index (κ1) is 15.0. The first-order chi connectivity index (χ1) is 11.2. The molecular weight excluding hydrogens is 286 g/mol. The predicted molar refractivity (Wildman–Crippen MR) is 92.6 cm³/mol. The minimum atomic E-state index is 0.314. The second-order valence-corrected chi connectivity index (χ2v) is 7.47. The van der Waals surface area contributed by atoms with Crippen molar-refractivity contribution in [2.75, 3.05) is 44.2 Å². The van der Waals surface area contributed by atoms with Crippen molar-refractivity contribution in [3.8, 4) is 0 Å². The third-order valence-corrected chi connectivity index (χ3v) is 6.13. The van der Waals surface area contributed by atoms with Gasteiger partial charge in [-0.05, 0) is 56.3 Å². The van der Waals surface area contributed by atoms with E-state index in [0.29, 0.717) is 17.2 Å². The molecule has 1 N–H and O–H groups in total. The number of benzene rings is 1. The lowest BCUT2D eigenvalue weighted by atomic mass is 9.91. The van der Waals surface area contributed by atoms with Gasteiger partial charge in [0.1, 0.15) is 0 Å². The molecule has 2 aliphatic heterocycles. The summed E-state index contributed by atoms with van der Waals surface area (Å²) in [5.74, 6) is 0.742. The van der Waals surface area contributed by atoms with Crippen molar-refractivity contribution in [1.82, 2.24) is 10.2 Å². The largest absolute Gasteiger partial charge is 0.368 e. The Bertz CT molecular complexity index is 586. The lowest BCUT2D eigenvalue weighted by Crippen LogP contribution is -2.50. The van der Waals surface area contributed by atoms with Crippen LogP contribution in [0.3, 0.4) is 0 Å². The summed E-state index contributed by atoms with van der Waals surface area (Å²) < 4.78 is 0. The molecule has 124 valence electrons. The van der Waals surface area contributed by atoms with Gasteiger partial charge in [-0.3, -0.25) is 4.79 Å². The van der Waals surface area contributed by atoms with Gasteiger partial charge in [0.25, 0.3) is 0 Å². The Morgan fingerprint density at radius 2 is 1.83 bits per heavy atom. The Balaban J connectivity index is 1.35. The summed E-state index contributed by atoms with van der Waals surface area (Å²) in [6.45, 7) is 8.00. The zero-order chi connectivity index (χ0) is 15.9. The van der Waals surface area contributed by atoms with Crippen molar-refractivity contribution in [3.05, 3.63) is 29.8 Å². The number of para-hydroxylation sites is 1. The summed E-state index contributed by atoms with van der Waals surface area (Å²) in [5.41, 5.74) is 3.00. The Kier molecular flexibility index (Phi) is 3.80. The van der Waals surface area contributed by atoms with Crippen LogP contribution in [0.4, 0.5) is 5.69 Å². The number of piperazine rings is 1. The van der Waals surface area contributed by atoms with Gasteiger partial charge in [0.2, 0.25) is 5.91 Å². The van der Waals surface area contributed by atoms with Crippen molar-refractivity contribution in [1.29, 1.82) is 0 Å². The number of aryl methyl sites for hydroxylation is 1. The van der Waals surface area contributed by atoms with Crippen LogP contribution in [0, 0.1) is 18.3 Å². The van der Waals surface area contributed by atoms with E-state index in [4.69, 9.17) is 0 Å². The van der Waals surface area contributed by atoms with Gasteiger partial charge in [0, 0.05) is 37.8 Å². The molecule has 0 aromatic heterocycles. The highest BCUT2D eigenvalue weighted by Gasteiger charge is 2.58. The minimum Gasteiger partial charge on any atom is -0.368 e. The monoisotopic (exact) mass is 313 g/mol. The molecule has 1 spiro atoms. The van der Waals surface area contributed by atoms with Crippen LogP contribution < -0.4 is 10.2 Å². The highest BCUT2D eigenvalue weighted by Crippen LogP contribution is 2.59. The van der Waals surface area contributed by atoms with Crippen LogP contribution in [-0.4, -0.2) is 50.1 Å². The van der Waals surface area contributed by atoms with Crippen molar-refractivity contribution in [2.45, 2.75) is 26.2 Å². The van der Waals surface area contributed by atoms with E-state index in [2.05, 4.69) is 46.3 Å². The fourth-order valence-electron chi connectivity index (χ4n) is 4.48. The van der Waals surface area contributed by atoms with Crippen LogP contribution in [0.2, 0.25) is 0 Å². The lowest BCUT2D eigenvalue weighted by molar-refractivity contribution is -0.133. The molecule has 1 unspecified atom stereocenters. The molecule has 3 fully saturated rings. The van der Waals surface area contributed by atoms with Gasteiger partial charge in [0.15, 0.2) is 0 Å². The van der Waals surface area contributed by atoms with Crippen LogP contribution in [0.25, 0.3) is 0 Å². The molecule has 3 aliphatic rings. The van der Waals surface area contributed by atoms with Gasteiger partial charge in [-0.25, -0.2) is 0 Å². The molecular formula is C19H27N3O. The van der Waals surface area contributed by atoms with Crippen molar-refractivity contribution < 1.29 is 4.79 Å². The molecule has 4 heteroatoms. The maximum absolute atomic E-state index is 12.8. The zero-order valence-corrected chi connectivity index (χ0v) is 14.1. The fourth-order valence-corrected chi connectivity index (χ4v) is 4.48. The van der Waals surface area contributed by atoms with Crippen LogP contribution in [0.1, 0.15) is 24.8 Å². The van der Waals surface area contributed by atoms with Gasteiger partial charge < -0.3 is 15.1 Å². The maximum atomic E-state index is 12.8. The number of piperidine rings is 1. The number of amides is 1. The third-order valence-electron chi connectivity index (χ3n) is 6.13. The highest BCUT2D eigenvalue weighted by molar-refractivity contribution is 5.83. The molecule has 1 saturated carbocycles. The van der Waals surface area contributed by atoms with E-state index in [1.165, 1.54) is 24.1 Å². The second kappa shape index (κ2) is 5.82. The standard InChI is InChI=1S/C19H27N3O/c1-15-4-2-3-5-17(15)21-10-12-22(13-11-21)18(23)16-14-19(16)6-8-20-9-7-19/h2-5,16,20H,6-14H2,1H3. The maximum Gasteiger partial charge on any atom is 0.226 e. The summed E-state index contributed by atoms with van der Waals surface area (Å²) in [7, 11) is 0. The van der Waals surface area contributed by atoms with E-state index in [0.717, 1.165) is 45.7 Å². The van der Waals surface area contributed by atoms with E-state index in [1.807, 2.05) is 0 Å². The Hall–Kier alpha value is -1.55. The molecule has 1 aromatic carbocycles. The molecule has 1 aliphatic carbocycles. The predicted octanol–water partition coefficient (Wildman–Crippen LogP) is 2.03. The van der Waals surface area contributed by atoms with E-state index >= 15 is 0 Å². The number of carbonyl (C=O) groups excluding carboxylic acids is 1. The molecule has 1 amide bonds. The van der Waals surface area contributed by atoms with Crippen LogP contribution >= 0.6 is 0 Å². The SMILES string of the molecule is Cc1ccccc1N1CCN(C(=O)C2CC23CCNCC3)CC1. The Labute approximate surface area is 138 Å². The number of nitrogens with one attached hydrogen (secondary N) is 1. The first-order valence-electron chi connectivity index (χ1n) is 9.00. The van der Waals surface area contributed by atoms with Crippen molar-refractivity contribution in [2.24, 2.45) is 11.3 Å². The average molecular weight is 313 g/mol. The average Bonchev–Trinajstić information content (AvgIpc) is 3.28. The smallest absolute Gasteiger partial charge is 0.226 e. The lowest BCUT2D eigenvalue weighted by Gasteiger charge is -2.37. The molecule has 2 saturated heterocycles. The van der Waals surface area contributed by atoms with E-state index in [1.54, 1.807) is 0 Å². The number of hydrogen-bond acceptors (Lipinski definition) is 3. The first-order valence-corrected chi connectivity index (χ1v) is 9.00. The molecule has 1 aromatic rings. The molecule has 0 radical (unpaired) electrons. The zero-order valence-electron chi connectivity index (χ0n) is 14.1. The fraction of sp³-hybridized carbons (Fsp3) is 0.632. The Morgan fingerprint density at radius 3 is 2.52 bits per heavy atom. The van der Waals surface area contributed by atoms with E-state index < -0.39 is 0 Å². The number of hydrogen-bond donors (Lipinski definition) is 1. The molecule has 4 rings (SSSR count). The molecule has 0 bridgehead atoms. The second-order valence-electron chi connectivity index (χ2n) is 7.47. The van der Waals surface area contributed by atoms with Gasteiger partial charge in [-0.15, -0.1) is 0 Å². The molecule has 4 nitrogen and oxygen atoms in total. The van der Waals surface area contributed by atoms with Gasteiger partial charge >= 0.3 is 0 Å². The van der Waals surface area contributed by atoms with Crippen LogP contribution in [-0.2, 0) is 4.79 Å². The summed E-state index contributed by atoms with van der Waals surface area (Å²) in [5, 5.41) is 3.42. The number of rotatable bonds is 2.